The minimum Gasteiger partial charge on any atom is -0.399 e. The van der Waals surface area contributed by atoms with E-state index in [2.05, 4.69) is 12.1 Å². The van der Waals surface area contributed by atoms with Crippen molar-refractivity contribution in [1.82, 2.24) is 0 Å². The minimum absolute atomic E-state index is 0.618. The van der Waals surface area contributed by atoms with E-state index in [4.69, 9.17) is 11.5 Å². The summed E-state index contributed by atoms with van der Waals surface area (Å²) in [5, 5.41) is 0. The van der Waals surface area contributed by atoms with Gasteiger partial charge in [0.05, 0.1) is 0 Å². The second kappa shape index (κ2) is 9.72. The number of hydrogen-bond acceptors (Lipinski definition) is 4. The van der Waals surface area contributed by atoms with E-state index in [0.717, 1.165) is 57.1 Å². The van der Waals surface area contributed by atoms with Crippen molar-refractivity contribution in [3.8, 4) is 44.5 Å². The van der Waals surface area contributed by atoms with Crippen molar-refractivity contribution in [2.75, 3.05) is 11.5 Å². The van der Waals surface area contributed by atoms with Crippen LogP contribution in [0.15, 0.2) is 109 Å². The average Bonchev–Trinajstić information content (AvgIpc) is 2.93. The third-order valence-electron chi connectivity index (χ3n) is 6.32. The highest BCUT2D eigenvalue weighted by molar-refractivity contribution is 5.96. The van der Waals surface area contributed by atoms with E-state index in [9.17, 15) is 9.59 Å². The summed E-state index contributed by atoms with van der Waals surface area (Å²) < 4.78 is 0. The Balaban J connectivity index is 1.82. The van der Waals surface area contributed by atoms with Gasteiger partial charge in [-0.2, -0.15) is 0 Å². The Morgan fingerprint density at radius 2 is 0.639 bits per heavy atom. The lowest BCUT2D eigenvalue weighted by molar-refractivity contribution is 0.111. The van der Waals surface area contributed by atoms with E-state index in [1.807, 2.05) is 97.1 Å². The van der Waals surface area contributed by atoms with Gasteiger partial charge in [-0.05, 0) is 80.9 Å². The smallest absolute Gasteiger partial charge is 0.150 e. The van der Waals surface area contributed by atoms with Crippen LogP contribution in [0.25, 0.3) is 44.5 Å². The molecule has 0 aliphatic rings. The van der Waals surface area contributed by atoms with Crippen molar-refractivity contribution in [3.63, 3.8) is 0 Å². The molecular weight excluding hydrogens is 444 g/mol. The summed E-state index contributed by atoms with van der Waals surface area (Å²) in [5.74, 6) is 0. The van der Waals surface area contributed by atoms with Gasteiger partial charge in [-0.25, -0.2) is 0 Å². The Morgan fingerprint density at radius 1 is 0.389 bits per heavy atom. The van der Waals surface area contributed by atoms with Gasteiger partial charge in [-0.15, -0.1) is 0 Å². The largest absolute Gasteiger partial charge is 0.399 e. The molecule has 174 valence electrons. The lowest BCUT2D eigenvalue weighted by Gasteiger charge is -2.19. The number of aldehydes is 2. The highest BCUT2D eigenvalue weighted by Gasteiger charge is 2.16. The lowest BCUT2D eigenvalue weighted by atomic mass is 9.85. The van der Waals surface area contributed by atoms with E-state index in [-0.39, 0.29) is 0 Å². The molecule has 0 radical (unpaired) electrons. The summed E-state index contributed by atoms with van der Waals surface area (Å²) in [6.07, 6.45) is 1.68. The summed E-state index contributed by atoms with van der Waals surface area (Å²) in [4.78, 5) is 22.5. The topological polar surface area (TPSA) is 86.2 Å². The molecule has 5 aromatic rings. The summed E-state index contributed by atoms with van der Waals surface area (Å²) in [5.41, 5.74) is 22.7. The first kappa shape index (κ1) is 22.8. The Bertz CT molecular complexity index is 1420. The molecule has 0 saturated carbocycles. The van der Waals surface area contributed by atoms with Crippen LogP contribution in [0.4, 0.5) is 11.4 Å². The molecule has 0 spiro atoms. The molecule has 0 aromatic heterocycles. The van der Waals surface area contributed by atoms with Crippen LogP contribution in [0.3, 0.4) is 0 Å². The molecule has 4 heteroatoms. The molecule has 5 rings (SSSR count). The predicted molar refractivity (Wildman–Crippen MR) is 148 cm³/mol. The highest BCUT2D eigenvalue weighted by atomic mass is 16.1. The fraction of sp³-hybridized carbons (Fsp3) is 0. The highest BCUT2D eigenvalue weighted by Crippen LogP contribution is 2.42. The number of hydrogen-bond donors (Lipinski definition) is 2. The SMILES string of the molecule is Nc1ccc(-c2cc(-c3ccc(C=O)cc3)c(-c3ccc(C=O)cc3)cc2-c2ccc(N)cc2)cc1. The third-order valence-corrected chi connectivity index (χ3v) is 6.32. The zero-order valence-corrected chi connectivity index (χ0v) is 19.5. The summed E-state index contributed by atoms with van der Waals surface area (Å²) in [6.45, 7) is 0. The quantitative estimate of drug-likeness (QED) is 0.205. The monoisotopic (exact) mass is 468 g/mol. The Hall–Kier alpha value is -4.96. The van der Waals surface area contributed by atoms with Crippen molar-refractivity contribution >= 4 is 23.9 Å². The van der Waals surface area contributed by atoms with E-state index < -0.39 is 0 Å². The molecule has 0 aliphatic carbocycles. The number of anilines is 2. The molecule has 0 bridgehead atoms. The Labute approximate surface area is 209 Å². The van der Waals surface area contributed by atoms with Gasteiger partial charge in [0.1, 0.15) is 12.6 Å². The molecule has 36 heavy (non-hydrogen) atoms. The number of rotatable bonds is 6. The van der Waals surface area contributed by atoms with E-state index in [1.54, 1.807) is 0 Å². The normalized spacial score (nSPS) is 10.7. The van der Waals surface area contributed by atoms with Crippen LogP contribution in [-0.4, -0.2) is 12.6 Å². The van der Waals surface area contributed by atoms with Gasteiger partial charge in [-0.3, -0.25) is 9.59 Å². The molecule has 0 fully saturated rings. The molecule has 5 aromatic carbocycles. The molecule has 0 saturated heterocycles. The zero-order valence-electron chi connectivity index (χ0n) is 19.5. The fourth-order valence-electron chi connectivity index (χ4n) is 4.36. The molecule has 0 amide bonds. The Morgan fingerprint density at radius 3 is 0.889 bits per heavy atom. The van der Waals surface area contributed by atoms with Gasteiger partial charge in [-0.1, -0.05) is 72.8 Å². The maximum absolute atomic E-state index is 11.2. The van der Waals surface area contributed by atoms with E-state index in [1.165, 1.54) is 0 Å². The first-order valence-electron chi connectivity index (χ1n) is 11.6. The van der Waals surface area contributed by atoms with Gasteiger partial charge in [0.2, 0.25) is 0 Å². The Kier molecular flexibility index (Phi) is 6.16. The number of benzene rings is 5. The zero-order chi connectivity index (χ0) is 25.1. The van der Waals surface area contributed by atoms with E-state index >= 15 is 0 Å². The number of nitrogens with two attached hydrogens (primary N) is 2. The van der Waals surface area contributed by atoms with Crippen LogP contribution in [0.2, 0.25) is 0 Å². The van der Waals surface area contributed by atoms with Gasteiger partial charge < -0.3 is 11.5 Å². The fourth-order valence-corrected chi connectivity index (χ4v) is 4.36. The van der Waals surface area contributed by atoms with Crippen molar-refractivity contribution in [2.24, 2.45) is 0 Å². The second-order valence-corrected chi connectivity index (χ2v) is 8.67. The van der Waals surface area contributed by atoms with Crippen LogP contribution in [0.1, 0.15) is 20.7 Å². The number of carbonyl (C=O) groups is 2. The summed E-state index contributed by atoms with van der Waals surface area (Å²) >= 11 is 0. The maximum Gasteiger partial charge on any atom is 0.150 e. The minimum atomic E-state index is 0.618. The molecule has 0 atom stereocenters. The summed E-state index contributed by atoms with van der Waals surface area (Å²) in [6, 6.07) is 35.1. The van der Waals surface area contributed by atoms with Crippen molar-refractivity contribution < 1.29 is 9.59 Å². The van der Waals surface area contributed by atoms with Gasteiger partial charge in [0.15, 0.2) is 0 Å². The molecule has 4 N–H and O–H groups in total. The average molecular weight is 469 g/mol. The van der Waals surface area contributed by atoms with Gasteiger partial charge in [0, 0.05) is 22.5 Å². The van der Waals surface area contributed by atoms with Crippen LogP contribution in [0.5, 0.6) is 0 Å². The van der Waals surface area contributed by atoms with Crippen molar-refractivity contribution in [3.05, 3.63) is 120 Å². The van der Waals surface area contributed by atoms with Crippen LogP contribution < -0.4 is 11.5 Å². The molecule has 0 unspecified atom stereocenters. The van der Waals surface area contributed by atoms with Gasteiger partial charge >= 0.3 is 0 Å². The molecule has 4 nitrogen and oxygen atoms in total. The van der Waals surface area contributed by atoms with Crippen molar-refractivity contribution in [1.29, 1.82) is 0 Å². The van der Waals surface area contributed by atoms with E-state index in [0.29, 0.717) is 22.5 Å². The first-order valence-corrected chi connectivity index (χ1v) is 11.6. The maximum atomic E-state index is 11.2. The second-order valence-electron chi connectivity index (χ2n) is 8.67. The molecular formula is C32H24N2O2. The number of nitrogen functional groups attached to an aromatic ring is 2. The van der Waals surface area contributed by atoms with Crippen molar-refractivity contribution in [2.45, 2.75) is 0 Å². The van der Waals surface area contributed by atoms with Crippen LogP contribution in [0, 0.1) is 0 Å². The summed E-state index contributed by atoms with van der Waals surface area (Å²) in [7, 11) is 0. The standard InChI is InChI=1S/C32H24N2O2/c33-27-13-9-25(10-14-27)31-17-29(23-5-1-21(19-35)2-6-23)30(24-7-3-22(20-36)4-8-24)18-32(31)26-11-15-28(34)16-12-26/h1-20H,33-34H2. The van der Waals surface area contributed by atoms with Crippen LogP contribution in [-0.2, 0) is 0 Å². The molecule has 0 aliphatic heterocycles. The van der Waals surface area contributed by atoms with Gasteiger partial charge in [0.25, 0.3) is 0 Å². The van der Waals surface area contributed by atoms with Crippen LogP contribution >= 0.6 is 0 Å². The predicted octanol–water partition coefficient (Wildman–Crippen LogP) is 7.14. The molecule has 0 heterocycles. The third kappa shape index (κ3) is 4.52. The number of carbonyl (C=O) groups excluding carboxylic acids is 2. The lowest BCUT2D eigenvalue weighted by Crippen LogP contribution is -1.94. The first-order chi connectivity index (χ1) is 17.6.